The van der Waals surface area contributed by atoms with Crippen LogP contribution < -0.4 is 0 Å². The zero-order valence-electron chi connectivity index (χ0n) is 9.76. The largest absolute Gasteiger partial charge is 0.393 e. The summed E-state index contributed by atoms with van der Waals surface area (Å²) in [6, 6.07) is 3.77. The standard InChI is InChI=1S/C12H18N2O2/c1-10(15)3-4-12(16)14(2)9-11-5-7-13-8-6-11/h5-8,10,15H,3-4,9H2,1-2H3. The van der Waals surface area contributed by atoms with Gasteiger partial charge in [-0.05, 0) is 31.0 Å². The van der Waals surface area contributed by atoms with Crippen LogP contribution in [0.5, 0.6) is 0 Å². The average Bonchev–Trinajstić information content (AvgIpc) is 2.27. The molecule has 1 rings (SSSR count). The Morgan fingerprint density at radius 3 is 2.69 bits per heavy atom. The van der Waals surface area contributed by atoms with Gasteiger partial charge in [0.2, 0.25) is 5.91 Å². The van der Waals surface area contributed by atoms with E-state index < -0.39 is 6.10 Å². The molecule has 1 unspecified atom stereocenters. The van der Waals surface area contributed by atoms with Gasteiger partial charge in [0.05, 0.1) is 6.10 Å². The van der Waals surface area contributed by atoms with Crippen LogP contribution in [0.1, 0.15) is 25.3 Å². The number of hydrogen-bond donors (Lipinski definition) is 1. The summed E-state index contributed by atoms with van der Waals surface area (Å²) in [6.45, 7) is 2.28. The van der Waals surface area contributed by atoms with E-state index in [1.807, 2.05) is 12.1 Å². The van der Waals surface area contributed by atoms with Gasteiger partial charge >= 0.3 is 0 Å². The molecule has 16 heavy (non-hydrogen) atoms. The molecule has 1 atom stereocenters. The van der Waals surface area contributed by atoms with E-state index in [2.05, 4.69) is 4.98 Å². The van der Waals surface area contributed by atoms with Crippen molar-refractivity contribution in [2.24, 2.45) is 0 Å². The van der Waals surface area contributed by atoms with Gasteiger partial charge < -0.3 is 10.0 Å². The summed E-state index contributed by atoms with van der Waals surface area (Å²) in [7, 11) is 1.77. The summed E-state index contributed by atoms with van der Waals surface area (Å²) in [6.07, 6.45) is 3.91. The molecular weight excluding hydrogens is 204 g/mol. The van der Waals surface area contributed by atoms with Gasteiger partial charge in [0.1, 0.15) is 0 Å². The van der Waals surface area contributed by atoms with Crippen molar-refractivity contribution >= 4 is 5.91 Å². The molecule has 4 heteroatoms. The minimum Gasteiger partial charge on any atom is -0.393 e. The Morgan fingerprint density at radius 1 is 1.50 bits per heavy atom. The summed E-state index contributed by atoms with van der Waals surface area (Å²) in [5.41, 5.74) is 1.06. The number of rotatable bonds is 5. The van der Waals surface area contributed by atoms with Gasteiger partial charge in [0.15, 0.2) is 0 Å². The second-order valence-electron chi connectivity index (χ2n) is 3.99. The van der Waals surface area contributed by atoms with E-state index in [4.69, 9.17) is 5.11 Å². The van der Waals surface area contributed by atoms with Crippen molar-refractivity contribution in [2.75, 3.05) is 7.05 Å². The normalized spacial score (nSPS) is 12.2. The highest BCUT2D eigenvalue weighted by Crippen LogP contribution is 2.05. The average molecular weight is 222 g/mol. The monoisotopic (exact) mass is 222 g/mol. The minimum atomic E-state index is -0.418. The van der Waals surface area contributed by atoms with Gasteiger partial charge in [-0.15, -0.1) is 0 Å². The number of pyridine rings is 1. The maximum absolute atomic E-state index is 11.7. The number of aliphatic hydroxyl groups excluding tert-OH is 1. The number of nitrogens with zero attached hydrogens (tertiary/aromatic N) is 2. The van der Waals surface area contributed by atoms with Crippen molar-refractivity contribution in [1.29, 1.82) is 0 Å². The van der Waals surface area contributed by atoms with Crippen LogP contribution in [0.25, 0.3) is 0 Å². The van der Waals surface area contributed by atoms with Crippen LogP contribution in [0.15, 0.2) is 24.5 Å². The van der Waals surface area contributed by atoms with Crippen LogP contribution in [-0.4, -0.2) is 34.0 Å². The van der Waals surface area contributed by atoms with Gasteiger partial charge in [-0.2, -0.15) is 0 Å². The van der Waals surface area contributed by atoms with Crippen LogP contribution in [-0.2, 0) is 11.3 Å². The maximum atomic E-state index is 11.7. The third-order valence-electron chi connectivity index (χ3n) is 2.37. The molecule has 0 fully saturated rings. The lowest BCUT2D eigenvalue weighted by Gasteiger charge is -2.17. The van der Waals surface area contributed by atoms with Crippen molar-refractivity contribution in [3.8, 4) is 0 Å². The van der Waals surface area contributed by atoms with E-state index in [9.17, 15) is 4.79 Å². The predicted octanol–water partition coefficient (Wildman–Crippen LogP) is 1.20. The third kappa shape index (κ3) is 4.40. The Labute approximate surface area is 95.9 Å². The first-order valence-electron chi connectivity index (χ1n) is 5.40. The Hall–Kier alpha value is -1.42. The Balaban J connectivity index is 2.40. The van der Waals surface area contributed by atoms with Crippen LogP contribution in [0, 0.1) is 0 Å². The second-order valence-corrected chi connectivity index (χ2v) is 3.99. The first kappa shape index (κ1) is 12.6. The van der Waals surface area contributed by atoms with Gasteiger partial charge in [-0.25, -0.2) is 0 Å². The third-order valence-corrected chi connectivity index (χ3v) is 2.37. The molecule has 1 aromatic heterocycles. The van der Waals surface area contributed by atoms with Gasteiger partial charge in [0, 0.05) is 32.4 Å². The summed E-state index contributed by atoms with van der Waals surface area (Å²) in [5.74, 6) is 0.0534. The number of carbonyl (C=O) groups excluding carboxylic acids is 1. The fraction of sp³-hybridized carbons (Fsp3) is 0.500. The quantitative estimate of drug-likeness (QED) is 0.814. The molecule has 1 amide bonds. The second kappa shape index (κ2) is 6.23. The van der Waals surface area contributed by atoms with Crippen LogP contribution in [0.4, 0.5) is 0 Å². The molecular formula is C12H18N2O2. The van der Waals surface area contributed by atoms with Gasteiger partial charge in [-0.3, -0.25) is 9.78 Å². The lowest BCUT2D eigenvalue weighted by Crippen LogP contribution is -2.26. The first-order chi connectivity index (χ1) is 7.59. The van der Waals surface area contributed by atoms with E-state index in [0.717, 1.165) is 5.56 Å². The molecule has 0 bridgehead atoms. The van der Waals surface area contributed by atoms with E-state index in [1.165, 1.54) is 0 Å². The SMILES string of the molecule is CC(O)CCC(=O)N(C)Cc1ccncc1. The van der Waals surface area contributed by atoms with Crippen molar-refractivity contribution < 1.29 is 9.90 Å². The lowest BCUT2D eigenvalue weighted by molar-refractivity contribution is -0.131. The van der Waals surface area contributed by atoms with E-state index >= 15 is 0 Å². The first-order valence-corrected chi connectivity index (χ1v) is 5.40. The number of amides is 1. The molecule has 0 saturated carbocycles. The summed E-state index contributed by atoms with van der Waals surface area (Å²) >= 11 is 0. The molecule has 0 aliphatic heterocycles. The van der Waals surface area contributed by atoms with Crippen molar-refractivity contribution in [3.63, 3.8) is 0 Å². The number of carbonyl (C=O) groups is 1. The molecule has 0 saturated heterocycles. The molecule has 88 valence electrons. The predicted molar refractivity (Wildman–Crippen MR) is 61.6 cm³/mol. The molecule has 0 aliphatic rings. The van der Waals surface area contributed by atoms with Gasteiger partial charge in [-0.1, -0.05) is 0 Å². The molecule has 0 aromatic carbocycles. The van der Waals surface area contributed by atoms with E-state index in [-0.39, 0.29) is 5.91 Å². The van der Waals surface area contributed by atoms with Crippen molar-refractivity contribution in [1.82, 2.24) is 9.88 Å². The maximum Gasteiger partial charge on any atom is 0.222 e. The Bertz CT molecular complexity index is 325. The van der Waals surface area contributed by atoms with Crippen LogP contribution in [0.2, 0.25) is 0 Å². The van der Waals surface area contributed by atoms with Gasteiger partial charge in [0.25, 0.3) is 0 Å². The topological polar surface area (TPSA) is 53.4 Å². The fourth-order valence-corrected chi connectivity index (χ4v) is 1.37. The molecule has 0 spiro atoms. The number of aliphatic hydroxyl groups is 1. The highest BCUT2D eigenvalue weighted by atomic mass is 16.3. The Kier molecular flexibility index (Phi) is 4.92. The number of hydrogen-bond acceptors (Lipinski definition) is 3. The lowest BCUT2D eigenvalue weighted by atomic mass is 10.2. The van der Waals surface area contributed by atoms with Crippen molar-refractivity contribution in [2.45, 2.75) is 32.4 Å². The molecule has 0 aliphatic carbocycles. The van der Waals surface area contributed by atoms with Crippen LogP contribution in [0.3, 0.4) is 0 Å². The van der Waals surface area contributed by atoms with Crippen molar-refractivity contribution in [3.05, 3.63) is 30.1 Å². The molecule has 1 N–H and O–H groups in total. The zero-order valence-corrected chi connectivity index (χ0v) is 9.76. The highest BCUT2D eigenvalue weighted by Gasteiger charge is 2.10. The molecule has 4 nitrogen and oxygen atoms in total. The zero-order chi connectivity index (χ0) is 12.0. The smallest absolute Gasteiger partial charge is 0.222 e. The summed E-state index contributed by atoms with van der Waals surface area (Å²) in [4.78, 5) is 17.2. The fourth-order valence-electron chi connectivity index (χ4n) is 1.37. The molecule has 1 aromatic rings. The number of aromatic nitrogens is 1. The molecule has 1 heterocycles. The summed E-state index contributed by atoms with van der Waals surface area (Å²) < 4.78 is 0. The Morgan fingerprint density at radius 2 is 2.12 bits per heavy atom. The van der Waals surface area contributed by atoms with Crippen LogP contribution >= 0.6 is 0 Å². The van der Waals surface area contributed by atoms with E-state index in [1.54, 1.807) is 31.3 Å². The van der Waals surface area contributed by atoms with E-state index in [0.29, 0.717) is 19.4 Å². The highest BCUT2D eigenvalue weighted by molar-refractivity contribution is 5.75. The summed E-state index contributed by atoms with van der Waals surface area (Å²) in [5, 5.41) is 9.09. The molecule has 0 radical (unpaired) electrons. The minimum absolute atomic E-state index is 0.0534.